The molecule has 3 nitrogen and oxygen atoms in total. The van der Waals surface area contributed by atoms with Crippen molar-refractivity contribution in [2.75, 3.05) is 14.1 Å². The summed E-state index contributed by atoms with van der Waals surface area (Å²) in [7, 11) is 3.75. The number of benzene rings is 1. The third kappa shape index (κ3) is 3.03. The number of nitrogens with one attached hydrogen (secondary N) is 1. The Bertz CT molecular complexity index is 327. The topological polar surface area (TPSA) is 29.9 Å². The molecule has 0 spiro atoms. The van der Waals surface area contributed by atoms with Gasteiger partial charge in [-0.25, -0.2) is 4.98 Å². The zero-order valence-electron chi connectivity index (χ0n) is 8.51. The molecule has 0 saturated heterocycles. The average molecular weight is 189 g/mol. The van der Waals surface area contributed by atoms with Crippen molar-refractivity contribution in [3.63, 3.8) is 0 Å². The fourth-order valence-corrected chi connectivity index (χ4v) is 1.01. The second-order valence-corrected chi connectivity index (χ2v) is 2.81. The summed E-state index contributed by atoms with van der Waals surface area (Å²) in [6.45, 7) is 0. The molecule has 0 aliphatic heterocycles. The Morgan fingerprint density at radius 3 is 2.29 bits per heavy atom. The van der Waals surface area contributed by atoms with E-state index < -0.39 is 0 Å². The molecule has 0 aliphatic rings. The SMILES string of the molecule is CNC.c1ccc(-n2ccnc2)cc1. The normalized spacial score (nSPS) is 9.00. The number of imidazole rings is 1. The Hall–Kier alpha value is -1.61. The minimum absolute atomic E-state index is 1.14. The van der Waals surface area contributed by atoms with Gasteiger partial charge in [0.15, 0.2) is 0 Å². The van der Waals surface area contributed by atoms with Gasteiger partial charge in [0.1, 0.15) is 0 Å². The van der Waals surface area contributed by atoms with Crippen LogP contribution in [-0.4, -0.2) is 23.6 Å². The van der Waals surface area contributed by atoms with E-state index in [2.05, 4.69) is 10.3 Å². The molecular formula is C11H15N3. The summed E-state index contributed by atoms with van der Waals surface area (Å²) in [5.74, 6) is 0. The number of nitrogens with zero attached hydrogens (tertiary/aromatic N) is 2. The van der Waals surface area contributed by atoms with E-state index in [-0.39, 0.29) is 0 Å². The van der Waals surface area contributed by atoms with E-state index in [0.29, 0.717) is 0 Å². The van der Waals surface area contributed by atoms with Crippen LogP contribution < -0.4 is 5.32 Å². The lowest BCUT2D eigenvalue weighted by Crippen LogP contribution is -1.89. The van der Waals surface area contributed by atoms with Gasteiger partial charge < -0.3 is 9.88 Å². The number of hydrogen-bond donors (Lipinski definition) is 1. The Morgan fingerprint density at radius 1 is 1.14 bits per heavy atom. The summed E-state index contributed by atoms with van der Waals surface area (Å²) in [6.07, 6.45) is 5.48. The van der Waals surface area contributed by atoms with Crippen molar-refractivity contribution < 1.29 is 0 Å². The standard InChI is InChI=1S/C9H8N2.C2H7N/c1-2-4-9(5-3-1)11-7-6-10-8-11;1-3-2/h1-8H;3H,1-2H3. The van der Waals surface area contributed by atoms with Crippen LogP contribution >= 0.6 is 0 Å². The summed E-state index contributed by atoms with van der Waals surface area (Å²) in [4.78, 5) is 3.96. The molecule has 0 radical (unpaired) electrons. The van der Waals surface area contributed by atoms with E-state index >= 15 is 0 Å². The maximum Gasteiger partial charge on any atom is 0.0991 e. The Morgan fingerprint density at radius 2 is 1.79 bits per heavy atom. The summed E-state index contributed by atoms with van der Waals surface area (Å²) in [5.41, 5.74) is 1.14. The molecule has 1 aromatic heterocycles. The molecule has 0 bridgehead atoms. The zero-order chi connectivity index (χ0) is 10.2. The maximum absolute atomic E-state index is 3.96. The van der Waals surface area contributed by atoms with Crippen LogP contribution in [0, 0.1) is 0 Å². The third-order valence-corrected chi connectivity index (χ3v) is 1.56. The molecule has 14 heavy (non-hydrogen) atoms. The molecule has 2 rings (SSSR count). The van der Waals surface area contributed by atoms with Crippen LogP contribution in [0.25, 0.3) is 5.69 Å². The molecule has 1 aromatic carbocycles. The molecular weight excluding hydrogens is 174 g/mol. The average Bonchev–Trinajstić information content (AvgIpc) is 2.73. The van der Waals surface area contributed by atoms with Crippen LogP contribution in [0.1, 0.15) is 0 Å². The second-order valence-electron chi connectivity index (χ2n) is 2.81. The van der Waals surface area contributed by atoms with Crippen LogP contribution in [-0.2, 0) is 0 Å². The van der Waals surface area contributed by atoms with Gasteiger partial charge in [-0.2, -0.15) is 0 Å². The van der Waals surface area contributed by atoms with Crippen LogP contribution in [0.15, 0.2) is 49.1 Å². The number of aromatic nitrogens is 2. The molecule has 3 heteroatoms. The van der Waals surface area contributed by atoms with Gasteiger partial charge in [0.25, 0.3) is 0 Å². The van der Waals surface area contributed by atoms with Crippen LogP contribution in [0.3, 0.4) is 0 Å². The molecule has 2 aromatic rings. The lowest BCUT2D eigenvalue weighted by Gasteiger charge is -1.98. The smallest absolute Gasteiger partial charge is 0.0991 e. The van der Waals surface area contributed by atoms with E-state index in [1.165, 1.54) is 0 Å². The fourth-order valence-electron chi connectivity index (χ4n) is 1.01. The number of rotatable bonds is 1. The summed E-state index contributed by atoms with van der Waals surface area (Å²) in [6, 6.07) is 10.1. The highest BCUT2D eigenvalue weighted by atomic mass is 15.0. The molecule has 0 unspecified atom stereocenters. The molecule has 1 N–H and O–H groups in total. The van der Waals surface area contributed by atoms with E-state index in [1.807, 2.05) is 55.2 Å². The van der Waals surface area contributed by atoms with E-state index in [4.69, 9.17) is 0 Å². The van der Waals surface area contributed by atoms with Crippen molar-refractivity contribution in [2.45, 2.75) is 0 Å². The predicted molar refractivity (Wildman–Crippen MR) is 58.5 cm³/mol. The van der Waals surface area contributed by atoms with Gasteiger partial charge in [0.05, 0.1) is 6.33 Å². The molecule has 74 valence electrons. The maximum atomic E-state index is 3.96. The van der Waals surface area contributed by atoms with E-state index in [1.54, 1.807) is 12.5 Å². The first kappa shape index (κ1) is 10.5. The van der Waals surface area contributed by atoms with Gasteiger partial charge in [-0.05, 0) is 26.2 Å². The van der Waals surface area contributed by atoms with Gasteiger partial charge in [0, 0.05) is 18.1 Å². The number of hydrogen-bond acceptors (Lipinski definition) is 2. The first-order chi connectivity index (χ1) is 6.88. The molecule has 0 aliphatic carbocycles. The highest BCUT2D eigenvalue weighted by Gasteiger charge is 1.89. The summed E-state index contributed by atoms with van der Waals surface area (Å²) >= 11 is 0. The van der Waals surface area contributed by atoms with Gasteiger partial charge in [0.2, 0.25) is 0 Å². The second kappa shape index (κ2) is 5.94. The predicted octanol–water partition coefficient (Wildman–Crippen LogP) is 1.71. The van der Waals surface area contributed by atoms with Gasteiger partial charge in [-0.3, -0.25) is 0 Å². The first-order valence-corrected chi connectivity index (χ1v) is 4.50. The monoisotopic (exact) mass is 189 g/mol. The molecule has 0 amide bonds. The van der Waals surface area contributed by atoms with Crippen molar-refractivity contribution in [1.82, 2.24) is 14.9 Å². The molecule has 1 heterocycles. The highest BCUT2D eigenvalue weighted by Crippen LogP contribution is 2.04. The quantitative estimate of drug-likeness (QED) is 0.740. The van der Waals surface area contributed by atoms with Gasteiger partial charge in [-0.15, -0.1) is 0 Å². The molecule has 0 saturated carbocycles. The Kier molecular flexibility index (Phi) is 4.44. The first-order valence-electron chi connectivity index (χ1n) is 4.50. The van der Waals surface area contributed by atoms with Crippen molar-refractivity contribution >= 4 is 0 Å². The molecule has 0 fully saturated rings. The minimum atomic E-state index is 1.14. The zero-order valence-corrected chi connectivity index (χ0v) is 8.51. The van der Waals surface area contributed by atoms with Gasteiger partial charge in [-0.1, -0.05) is 18.2 Å². The van der Waals surface area contributed by atoms with E-state index in [0.717, 1.165) is 5.69 Å². The largest absolute Gasteiger partial charge is 0.323 e. The van der Waals surface area contributed by atoms with Crippen LogP contribution in [0.5, 0.6) is 0 Å². The summed E-state index contributed by atoms with van der Waals surface area (Å²) < 4.78 is 1.97. The fraction of sp³-hybridized carbons (Fsp3) is 0.182. The lowest BCUT2D eigenvalue weighted by molar-refractivity contribution is 1.02. The van der Waals surface area contributed by atoms with Crippen LogP contribution in [0.4, 0.5) is 0 Å². The summed E-state index contributed by atoms with van der Waals surface area (Å²) in [5, 5.41) is 2.75. The molecule has 0 atom stereocenters. The Balaban J connectivity index is 0.000000293. The third-order valence-electron chi connectivity index (χ3n) is 1.56. The van der Waals surface area contributed by atoms with Crippen molar-refractivity contribution in [1.29, 1.82) is 0 Å². The van der Waals surface area contributed by atoms with Crippen molar-refractivity contribution in [3.05, 3.63) is 49.1 Å². The Labute approximate surface area is 84.4 Å². The minimum Gasteiger partial charge on any atom is -0.323 e. The van der Waals surface area contributed by atoms with E-state index in [9.17, 15) is 0 Å². The van der Waals surface area contributed by atoms with Gasteiger partial charge >= 0.3 is 0 Å². The number of para-hydroxylation sites is 1. The lowest BCUT2D eigenvalue weighted by atomic mass is 10.3. The van der Waals surface area contributed by atoms with Crippen molar-refractivity contribution in [3.8, 4) is 5.69 Å². The van der Waals surface area contributed by atoms with Crippen molar-refractivity contribution in [2.24, 2.45) is 0 Å². The van der Waals surface area contributed by atoms with Crippen LogP contribution in [0.2, 0.25) is 0 Å². The highest BCUT2D eigenvalue weighted by molar-refractivity contribution is 5.30.